The van der Waals surface area contributed by atoms with Gasteiger partial charge in [0.25, 0.3) is 0 Å². The molecule has 1 aromatic rings. The number of likely N-dealkylation sites (tertiary alicyclic amines) is 2. The summed E-state index contributed by atoms with van der Waals surface area (Å²) in [7, 11) is 1.50. The normalized spacial score (nSPS) is 20.1. The minimum Gasteiger partial charge on any atom is -0.495 e. The van der Waals surface area contributed by atoms with Gasteiger partial charge in [0.05, 0.1) is 12.8 Å². The molecule has 8 heteroatoms. The second-order valence-corrected chi connectivity index (χ2v) is 9.39. The van der Waals surface area contributed by atoms with Crippen LogP contribution < -0.4 is 4.74 Å². The highest BCUT2D eigenvalue weighted by molar-refractivity contribution is 5.68. The third-order valence-corrected chi connectivity index (χ3v) is 6.01. The monoisotopic (exact) mass is 416 g/mol. The van der Waals surface area contributed by atoms with Crippen molar-refractivity contribution in [1.82, 2.24) is 14.8 Å². The topological polar surface area (TPSA) is 98.9 Å². The van der Waals surface area contributed by atoms with Crippen LogP contribution in [0, 0.1) is 16.7 Å². The second kappa shape index (κ2) is 8.78. The van der Waals surface area contributed by atoms with Gasteiger partial charge in [-0.2, -0.15) is 5.26 Å². The first-order chi connectivity index (χ1) is 14.1. The Morgan fingerprint density at radius 2 is 2.00 bits per heavy atom. The lowest BCUT2D eigenvalue weighted by Crippen LogP contribution is -2.44. The van der Waals surface area contributed by atoms with Gasteiger partial charge in [0.15, 0.2) is 0 Å². The Morgan fingerprint density at radius 1 is 1.33 bits per heavy atom. The van der Waals surface area contributed by atoms with Crippen molar-refractivity contribution in [1.29, 1.82) is 5.26 Å². The molecule has 1 aromatic heterocycles. The molecular weight excluding hydrogens is 384 g/mol. The molecule has 1 amide bonds. The van der Waals surface area contributed by atoms with E-state index >= 15 is 0 Å². The molecule has 3 heterocycles. The van der Waals surface area contributed by atoms with Crippen molar-refractivity contribution in [2.45, 2.75) is 51.7 Å². The summed E-state index contributed by atoms with van der Waals surface area (Å²) in [6, 6.07) is 3.66. The Kier molecular flexibility index (Phi) is 6.53. The molecule has 2 fully saturated rings. The van der Waals surface area contributed by atoms with E-state index in [2.05, 4.69) is 9.88 Å². The zero-order chi connectivity index (χ0) is 21.9. The molecule has 1 N–H and O–H groups in total. The van der Waals surface area contributed by atoms with Gasteiger partial charge in [-0.25, -0.2) is 4.79 Å². The molecular formula is C22H32N4O4. The molecule has 1 atom stereocenters. The number of hydrogen-bond donors (Lipinski definition) is 1. The lowest BCUT2D eigenvalue weighted by Gasteiger charge is -2.39. The molecule has 2 aliphatic rings. The Bertz CT molecular complexity index is 806. The number of nitriles is 1. The van der Waals surface area contributed by atoms with Gasteiger partial charge >= 0.3 is 6.09 Å². The lowest BCUT2D eigenvalue weighted by molar-refractivity contribution is 0.0229. The second-order valence-electron chi connectivity index (χ2n) is 9.39. The molecule has 0 bridgehead atoms. The standard InChI is InChI=1S/C22H32N4O4/c1-21(2,3)30-20(28)26-10-7-22(15-26)5-8-25(9-6-22)14-18(27)17-11-19(29-4)16(12-23)13-24-17/h11,13,18,27H,5-10,14-15H2,1-4H3/t18-/m1/s1. The molecule has 164 valence electrons. The molecule has 0 radical (unpaired) electrons. The van der Waals surface area contributed by atoms with Gasteiger partial charge in [-0.05, 0) is 58.5 Å². The summed E-state index contributed by atoms with van der Waals surface area (Å²) in [5.41, 5.74) is 0.523. The molecule has 3 rings (SSSR count). The zero-order valence-electron chi connectivity index (χ0n) is 18.3. The highest BCUT2D eigenvalue weighted by Crippen LogP contribution is 2.41. The van der Waals surface area contributed by atoms with Gasteiger partial charge in [0, 0.05) is 31.9 Å². The van der Waals surface area contributed by atoms with Gasteiger partial charge < -0.3 is 24.4 Å². The predicted octanol–water partition coefficient (Wildman–Crippen LogP) is 2.72. The van der Waals surface area contributed by atoms with Gasteiger partial charge in [-0.1, -0.05) is 0 Å². The van der Waals surface area contributed by atoms with E-state index < -0.39 is 11.7 Å². The molecule has 0 aromatic carbocycles. The molecule has 1 spiro atoms. The maximum Gasteiger partial charge on any atom is 0.410 e. The summed E-state index contributed by atoms with van der Waals surface area (Å²) in [4.78, 5) is 20.7. The van der Waals surface area contributed by atoms with Crippen molar-refractivity contribution in [2.75, 3.05) is 39.8 Å². The number of ether oxygens (including phenoxy) is 2. The lowest BCUT2D eigenvalue weighted by atomic mass is 9.77. The first-order valence-corrected chi connectivity index (χ1v) is 10.5. The fourth-order valence-corrected chi connectivity index (χ4v) is 4.26. The van der Waals surface area contributed by atoms with E-state index in [1.54, 1.807) is 6.07 Å². The summed E-state index contributed by atoms with van der Waals surface area (Å²) < 4.78 is 10.7. The number of rotatable bonds is 4. The third-order valence-electron chi connectivity index (χ3n) is 6.01. The number of hydrogen-bond acceptors (Lipinski definition) is 7. The largest absolute Gasteiger partial charge is 0.495 e. The minimum atomic E-state index is -0.748. The zero-order valence-corrected chi connectivity index (χ0v) is 18.3. The Balaban J connectivity index is 1.52. The van der Waals surface area contributed by atoms with Crippen LogP contribution in [0.4, 0.5) is 4.79 Å². The van der Waals surface area contributed by atoms with E-state index in [1.165, 1.54) is 13.3 Å². The molecule has 0 saturated carbocycles. The van der Waals surface area contributed by atoms with Crippen molar-refractivity contribution in [3.8, 4) is 11.8 Å². The summed E-state index contributed by atoms with van der Waals surface area (Å²) >= 11 is 0. The summed E-state index contributed by atoms with van der Waals surface area (Å²) in [6.07, 6.45) is 3.44. The number of aliphatic hydroxyl groups is 1. The molecule has 8 nitrogen and oxygen atoms in total. The number of amides is 1. The quantitative estimate of drug-likeness (QED) is 0.806. The number of pyridine rings is 1. The van der Waals surface area contributed by atoms with Gasteiger partial charge in [-0.15, -0.1) is 0 Å². The number of aromatic nitrogens is 1. The number of methoxy groups -OCH3 is 1. The molecule has 0 aliphatic carbocycles. The maximum absolute atomic E-state index is 12.4. The average Bonchev–Trinajstić information content (AvgIpc) is 3.12. The van der Waals surface area contributed by atoms with E-state index in [-0.39, 0.29) is 11.5 Å². The maximum atomic E-state index is 12.4. The van der Waals surface area contributed by atoms with Crippen molar-refractivity contribution in [3.63, 3.8) is 0 Å². The summed E-state index contributed by atoms with van der Waals surface area (Å²) in [5, 5.41) is 19.7. The van der Waals surface area contributed by atoms with Gasteiger partial charge in [0.1, 0.15) is 29.1 Å². The fraction of sp³-hybridized carbons (Fsp3) is 0.682. The average molecular weight is 417 g/mol. The van der Waals surface area contributed by atoms with Crippen LogP contribution in [0.5, 0.6) is 5.75 Å². The van der Waals surface area contributed by atoms with Crippen molar-refractivity contribution in [3.05, 3.63) is 23.5 Å². The van der Waals surface area contributed by atoms with Crippen molar-refractivity contribution >= 4 is 6.09 Å². The summed E-state index contributed by atoms with van der Waals surface area (Å²) in [5.74, 6) is 0.423. The van der Waals surface area contributed by atoms with Gasteiger partial charge in [-0.3, -0.25) is 4.98 Å². The predicted molar refractivity (Wildman–Crippen MR) is 111 cm³/mol. The van der Waals surface area contributed by atoms with E-state index in [9.17, 15) is 9.90 Å². The first kappa shape index (κ1) is 22.3. The molecule has 30 heavy (non-hydrogen) atoms. The van der Waals surface area contributed by atoms with Crippen LogP contribution in [0.3, 0.4) is 0 Å². The molecule has 0 unspecified atom stereocenters. The van der Waals surface area contributed by atoms with Crippen LogP contribution in [0.2, 0.25) is 0 Å². The van der Waals surface area contributed by atoms with Crippen LogP contribution in [0.25, 0.3) is 0 Å². The van der Waals surface area contributed by atoms with Crippen LogP contribution in [0.1, 0.15) is 57.4 Å². The number of β-amino-alcohol motifs (C(OH)–C–C–N with tert-alkyl or cyclic N) is 1. The van der Waals surface area contributed by atoms with Crippen molar-refractivity contribution in [2.24, 2.45) is 5.41 Å². The number of piperidine rings is 1. The fourth-order valence-electron chi connectivity index (χ4n) is 4.26. The summed E-state index contributed by atoms with van der Waals surface area (Å²) in [6.45, 7) is 9.36. The van der Waals surface area contributed by atoms with Crippen LogP contribution >= 0.6 is 0 Å². The van der Waals surface area contributed by atoms with Crippen LogP contribution in [-0.2, 0) is 4.74 Å². The number of nitrogens with zero attached hydrogens (tertiary/aromatic N) is 4. The SMILES string of the molecule is COc1cc([C@H](O)CN2CCC3(CC2)CCN(C(=O)OC(C)(C)C)C3)ncc1C#N. The van der Waals surface area contributed by atoms with Crippen LogP contribution in [-0.4, -0.2) is 71.4 Å². The van der Waals surface area contributed by atoms with E-state index in [4.69, 9.17) is 14.7 Å². The number of aliphatic hydroxyl groups excluding tert-OH is 1. The van der Waals surface area contributed by atoms with Gasteiger partial charge in [0.2, 0.25) is 0 Å². The van der Waals surface area contributed by atoms with E-state index in [1.807, 2.05) is 31.7 Å². The first-order valence-electron chi connectivity index (χ1n) is 10.5. The molecule has 2 saturated heterocycles. The van der Waals surface area contributed by atoms with Crippen molar-refractivity contribution < 1.29 is 19.4 Å². The van der Waals surface area contributed by atoms with E-state index in [0.29, 0.717) is 23.6 Å². The highest BCUT2D eigenvalue weighted by Gasteiger charge is 2.43. The Morgan fingerprint density at radius 3 is 2.60 bits per heavy atom. The smallest absolute Gasteiger partial charge is 0.410 e. The Hall–Kier alpha value is -2.37. The molecule has 2 aliphatic heterocycles. The third kappa shape index (κ3) is 5.21. The number of carbonyl (C=O) groups excluding carboxylic acids is 1. The van der Waals surface area contributed by atoms with Crippen LogP contribution in [0.15, 0.2) is 12.3 Å². The number of carbonyl (C=O) groups is 1. The highest BCUT2D eigenvalue weighted by atomic mass is 16.6. The Labute approximate surface area is 178 Å². The van der Waals surface area contributed by atoms with E-state index in [0.717, 1.165) is 45.4 Å². The minimum absolute atomic E-state index is 0.147.